The molecule has 3 heteroatoms. The Morgan fingerprint density at radius 1 is 1.62 bits per heavy atom. The van der Waals surface area contributed by atoms with Crippen molar-refractivity contribution in [2.24, 2.45) is 5.73 Å². The topological polar surface area (TPSA) is 42.4 Å². The van der Waals surface area contributed by atoms with Crippen LogP contribution in [0.3, 0.4) is 0 Å². The Morgan fingerprint density at radius 3 is 2.85 bits per heavy atom. The highest BCUT2D eigenvalue weighted by Gasteiger charge is 2.44. The Kier molecular flexibility index (Phi) is 2.14. The van der Waals surface area contributed by atoms with Crippen molar-refractivity contribution in [3.8, 4) is 0 Å². The van der Waals surface area contributed by atoms with E-state index in [1.54, 1.807) is 12.5 Å². The molecule has 1 aliphatic rings. The fourth-order valence-corrected chi connectivity index (χ4v) is 1.71. The lowest BCUT2D eigenvalue weighted by atomic mass is 10.2. The normalized spacial score (nSPS) is 19.3. The maximum atomic E-state index is 5.73. The van der Waals surface area contributed by atoms with Crippen molar-refractivity contribution in [3.63, 3.8) is 0 Å². The second-order valence-electron chi connectivity index (χ2n) is 3.92. The summed E-state index contributed by atoms with van der Waals surface area (Å²) in [6.07, 6.45) is 5.98. The van der Waals surface area contributed by atoms with Crippen molar-refractivity contribution in [1.29, 1.82) is 0 Å². The average molecular weight is 180 g/mol. The van der Waals surface area contributed by atoms with Crippen LogP contribution in [-0.4, -0.2) is 24.0 Å². The summed E-state index contributed by atoms with van der Waals surface area (Å²) < 4.78 is 5.02. The highest BCUT2D eigenvalue weighted by molar-refractivity contribution is 5.10. The van der Waals surface area contributed by atoms with Crippen molar-refractivity contribution in [3.05, 3.63) is 24.2 Å². The zero-order valence-corrected chi connectivity index (χ0v) is 7.99. The maximum absolute atomic E-state index is 5.73. The molecule has 0 saturated heterocycles. The predicted molar refractivity (Wildman–Crippen MR) is 51.2 cm³/mol. The molecule has 0 unspecified atom stereocenters. The van der Waals surface area contributed by atoms with Gasteiger partial charge in [-0.05, 0) is 26.0 Å². The van der Waals surface area contributed by atoms with E-state index in [1.165, 1.54) is 18.4 Å². The average Bonchev–Trinajstić information content (AvgIpc) is 2.79. The Labute approximate surface area is 78.5 Å². The van der Waals surface area contributed by atoms with Crippen LogP contribution in [0.1, 0.15) is 18.4 Å². The first-order valence-corrected chi connectivity index (χ1v) is 4.69. The zero-order chi connectivity index (χ0) is 9.31. The Balaban J connectivity index is 1.95. The van der Waals surface area contributed by atoms with Crippen molar-refractivity contribution < 1.29 is 4.42 Å². The summed E-state index contributed by atoms with van der Waals surface area (Å²) in [5.41, 5.74) is 7.25. The molecular weight excluding hydrogens is 164 g/mol. The van der Waals surface area contributed by atoms with Gasteiger partial charge in [-0.3, -0.25) is 4.90 Å². The Morgan fingerprint density at radius 2 is 2.38 bits per heavy atom. The number of nitrogens with two attached hydrogens (primary N) is 1. The third-order valence-electron chi connectivity index (χ3n) is 3.02. The molecule has 1 aromatic rings. The van der Waals surface area contributed by atoms with Crippen molar-refractivity contribution >= 4 is 0 Å². The van der Waals surface area contributed by atoms with Crippen molar-refractivity contribution in [2.45, 2.75) is 24.9 Å². The number of hydrogen-bond acceptors (Lipinski definition) is 3. The molecule has 1 fully saturated rings. The van der Waals surface area contributed by atoms with E-state index in [4.69, 9.17) is 10.2 Å². The molecule has 0 atom stereocenters. The number of likely N-dealkylation sites (N-methyl/N-ethyl adjacent to an activating group) is 1. The van der Waals surface area contributed by atoms with Gasteiger partial charge in [-0.1, -0.05) is 0 Å². The summed E-state index contributed by atoms with van der Waals surface area (Å²) in [4.78, 5) is 2.33. The van der Waals surface area contributed by atoms with Crippen LogP contribution >= 0.6 is 0 Å². The molecule has 0 amide bonds. The fourth-order valence-electron chi connectivity index (χ4n) is 1.71. The molecule has 0 aromatic carbocycles. The van der Waals surface area contributed by atoms with Gasteiger partial charge in [-0.25, -0.2) is 0 Å². The smallest absolute Gasteiger partial charge is 0.0947 e. The number of furan rings is 1. The molecule has 1 aromatic heterocycles. The molecule has 1 heterocycles. The molecular formula is C10H16N2O. The van der Waals surface area contributed by atoms with Gasteiger partial charge in [0.15, 0.2) is 0 Å². The molecule has 1 aliphatic carbocycles. The molecule has 0 spiro atoms. The monoisotopic (exact) mass is 180 g/mol. The fraction of sp³-hybridized carbons (Fsp3) is 0.600. The molecule has 72 valence electrons. The van der Waals surface area contributed by atoms with Gasteiger partial charge in [0.1, 0.15) is 0 Å². The molecule has 2 N–H and O–H groups in total. The first kappa shape index (κ1) is 8.78. The quantitative estimate of drug-likeness (QED) is 0.757. The van der Waals surface area contributed by atoms with E-state index in [0.29, 0.717) is 0 Å². The van der Waals surface area contributed by atoms with Gasteiger partial charge >= 0.3 is 0 Å². The lowest BCUT2D eigenvalue weighted by molar-refractivity contribution is 0.218. The first-order valence-electron chi connectivity index (χ1n) is 4.69. The number of hydrogen-bond donors (Lipinski definition) is 1. The summed E-state index contributed by atoms with van der Waals surface area (Å²) in [7, 11) is 2.13. The summed E-state index contributed by atoms with van der Waals surface area (Å²) in [6.45, 7) is 1.70. The van der Waals surface area contributed by atoms with Crippen LogP contribution in [0.25, 0.3) is 0 Å². The first-order chi connectivity index (χ1) is 6.27. The van der Waals surface area contributed by atoms with Crippen LogP contribution in [0.5, 0.6) is 0 Å². The lowest BCUT2D eigenvalue weighted by Gasteiger charge is -2.25. The van der Waals surface area contributed by atoms with Gasteiger partial charge in [-0.2, -0.15) is 0 Å². The van der Waals surface area contributed by atoms with Crippen molar-refractivity contribution in [2.75, 3.05) is 13.6 Å². The minimum absolute atomic E-state index is 0.289. The van der Waals surface area contributed by atoms with Gasteiger partial charge < -0.3 is 10.2 Å². The molecule has 0 radical (unpaired) electrons. The van der Waals surface area contributed by atoms with E-state index in [9.17, 15) is 0 Å². The van der Waals surface area contributed by atoms with E-state index in [-0.39, 0.29) is 5.54 Å². The third-order valence-corrected chi connectivity index (χ3v) is 3.02. The predicted octanol–water partition coefficient (Wildman–Crippen LogP) is 1.20. The van der Waals surface area contributed by atoms with E-state index in [1.807, 2.05) is 6.07 Å². The summed E-state index contributed by atoms with van der Waals surface area (Å²) in [5.74, 6) is 0. The van der Waals surface area contributed by atoms with Crippen LogP contribution in [-0.2, 0) is 6.54 Å². The van der Waals surface area contributed by atoms with Gasteiger partial charge in [0, 0.05) is 24.2 Å². The molecule has 13 heavy (non-hydrogen) atoms. The number of rotatable bonds is 4. The Bertz CT molecular complexity index is 264. The van der Waals surface area contributed by atoms with Gasteiger partial charge in [0.25, 0.3) is 0 Å². The second kappa shape index (κ2) is 3.16. The van der Waals surface area contributed by atoms with Crippen molar-refractivity contribution in [1.82, 2.24) is 4.90 Å². The summed E-state index contributed by atoms with van der Waals surface area (Å²) in [6, 6.07) is 2.00. The molecule has 3 nitrogen and oxygen atoms in total. The maximum Gasteiger partial charge on any atom is 0.0947 e. The van der Waals surface area contributed by atoms with E-state index in [0.717, 1.165) is 13.1 Å². The lowest BCUT2D eigenvalue weighted by Crippen LogP contribution is -2.39. The van der Waals surface area contributed by atoms with Crippen LogP contribution in [0.4, 0.5) is 0 Å². The summed E-state index contributed by atoms with van der Waals surface area (Å²) in [5, 5.41) is 0. The highest BCUT2D eigenvalue weighted by atomic mass is 16.3. The standard InChI is InChI=1S/C10H16N2O/c1-12(10(8-11)3-4-10)6-9-2-5-13-7-9/h2,5,7H,3-4,6,8,11H2,1H3. The second-order valence-corrected chi connectivity index (χ2v) is 3.92. The van der Waals surface area contributed by atoms with E-state index < -0.39 is 0 Å². The van der Waals surface area contributed by atoms with Gasteiger partial charge in [0.05, 0.1) is 12.5 Å². The van der Waals surface area contributed by atoms with Gasteiger partial charge in [-0.15, -0.1) is 0 Å². The van der Waals surface area contributed by atoms with Crippen LogP contribution in [0.2, 0.25) is 0 Å². The molecule has 1 saturated carbocycles. The van der Waals surface area contributed by atoms with E-state index in [2.05, 4.69) is 11.9 Å². The third kappa shape index (κ3) is 1.62. The van der Waals surface area contributed by atoms with Gasteiger partial charge in [0.2, 0.25) is 0 Å². The van der Waals surface area contributed by atoms with Crippen LogP contribution in [0.15, 0.2) is 23.0 Å². The molecule has 0 aliphatic heterocycles. The van der Waals surface area contributed by atoms with Crippen LogP contribution < -0.4 is 5.73 Å². The van der Waals surface area contributed by atoms with Crippen LogP contribution in [0, 0.1) is 0 Å². The largest absolute Gasteiger partial charge is 0.472 e. The molecule has 2 rings (SSSR count). The minimum atomic E-state index is 0.289. The minimum Gasteiger partial charge on any atom is -0.472 e. The zero-order valence-electron chi connectivity index (χ0n) is 7.99. The number of nitrogens with zero attached hydrogens (tertiary/aromatic N) is 1. The summed E-state index contributed by atoms with van der Waals surface area (Å²) >= 11 is 0. The Hall–Kier alpha value is -0.800. The molecule has 0 bridgehead atoms. The highest BCUT2D eigenvalue weighted by Crippen LogP contribution is 2.40. The SMILES string of the molecule is CN(Cc1ccoc1)C1(CN)CC1. The van der Waals surface area contributed by atoms with E-state index >= 15 is 0 Å².